The Balaban J connectivity index is 1.88. The molecule has 0 aromatic heterocycles. The maximum atomic E-state index is 6.48. The van der Waals surface area contributed by atoms with Crippen LogP contribution in [-0.2, 0) is 0 Å². The second kappa shape index (κ2) is 11.6. The van der Waals surface area contributed by atoms with Crippen molar-refractivity contribution in [2.45, 2.75) is 51.9 Å². The molecule has 0 fully saturated rings. The first kappa shape index (κ1) is 20.4. The molecule has 0 saturated carbocycles. The Morgan fingerprint density at radius 1 is 0.880 bits per heavy atom. The predicted molar refractivity (Wildman–Crippen MR) is 112 cm³/mol. The van der Waals surface area contributed by atoms with Crippen LogP contribution in [-0.4, -0.2) is 18.5 Å². The van der Waals surface area contributed by atoms with Gasteiger partial charge in [0.1, 0.15) is 11.5 Å². The molecule has 0 spiro atoms. The predicted octanol–water partition coefficient (Wildman–Crippen LogP) is 7.40. The van der Waals surface area contributed by atoms with Crippen LogP contribution in [0.4, 0.5) is 0 Å². The topological polar surface area (TPSA) is 18.5 Å². The van der Waals surface area contributed by atoms with E-state index < -0.39 is 0 Å². The first-order chi connectivity index (χ1) is 12.3. The largest absolute Gasteiger partial charge is 0.494 e. The van der Waals surface area contributed by atoms with E-state index in [4.69, 9.17) is 21.1 Å². The van der Waals surface area contributed by atoms with Crippen LogP contribution < -0.4 is 9.47 Å². The molecule has 2 nitrogen and oxygen atoms in total. The van der Waals surface area contributed by atoms with Crippen LogP contribution in [0.25, 0.3) is 10.8 Å². The summed E-state index contributed by atoms with van der Waals surface area (Å²) in [5.74, 6) is 1.65. The Morgan fingerprint density at radius 2 is 1.64 bits per heavy atom. The maximum absolute atomic E-state index is 6.48. The lowest BCUT2D eigenvalue weighted by molar-refractivity contribution is 0.304. The van der Waals surface area contributed by atoms with Crippen molar-refractivity contribution in [2.75, 3.05) is 18.5 Å². The molecule has 25 heavy (non-hydrogen) atoms. The highest BCUT2D eigenvalue weighted by Gasteiger charge is 2.08. The Labute approximate surface area is 165 Å². The molecule has 2 rings (SSSR count). The van der Waals surface area contributed by atoms with Gasteiger partial charge >= 0.3 is 0 Å². The number of ether oxygens (including phenoxy) is 2. The summed E-state index contributed by atoms with van der Waals surface area (Å²) in [5.41, 5.74) is 0. The number of fused-ring (bicyclic) bond motifs is 1. The smallest absolute Gasteiger partial charge is 0.138 e. The zero-order valence-electron chi connectivity index (χ0n) is 15.0. The van der Waals surface area contributed by atoms with Gasteiger partial charge in [-0.2, -0.15) is 0 Å². The molecule has 4 heteroatoms. The summed E-state index contributed by atoms with van der Waals surface area (Å²) in [5, 5.41) is 3.69. The summed E-state index contributed by atoms with van der Waals surface area (Å²) >= 11 is 9.89. The van der Waals surface area contributed by atoms with Crippen LogP contribution >= 0.6 is 27.5 Å². The number of benzene rings is 2. The van der Waals surface area contributed by atoms with Gasteiger partial charge in [0.2, 0.25) is 0 Å². The second-order valence-electron chi connectivity index (χ2n) is 6.27. The van der Waals surface area contributed by atoms with Gasteiger partial charge < -0.3 is 9.47 Å². The van der Waals surface area contributed by atoms with Crippen molar-refractivity contribution >= 4 is 38.3 Å². The molecular formula is C21H28BrClO2. The van der Waals surface area contributed by atoms with Crippen molar-refractivity contribution in [3.8, 4) is 11.5 Å². The van der Waals surface area contributed by atoms with Crippen LogP contribution in [0.5, 0.6) is 11.5 Å². The average Bonchev–Trinajstić information content (AvgIpc) is 2.63. The summed E-state index contributed by atoms with van der Waals surface area (Å²) in [6.45, 7) is 3.68. The van der Waals surface area contributed by atoms with Crippen molar-refractivity contribution in [1.29, 1.82) is 0 Å². The highest BCUT2D eigenvalue weighted by Crippen LogP contribution is 2.34. The van der Waals surface area contributed by atoms with Crippen molar-refractivity contribution in [3.05, 3.63) is 35.4 Å². The van der Waals surface area contributed by atoms with Gasteiger partial charge in [0.25, 0.3) is 0 Å². The normalized spacial score (nSPS) is 11.0. The van der Waals surface area contributed by atoms with E-state index in [0.717, 1.165) is 47.1 Å². The lowest BCUT2D eigenvalue weighted by Crippen LogP contribution is -1.99. The highest BCUT2D eigenvalue weighted by molar-refractivity contribution is 9.09. The molecule has 0 amide bonds. The minimum atomic E-state index is 0.663. The number of unbranched alkanes of at least 4 members (excludes halogenated alkanes) is 5. The van der Waals surface area contributed by atoms with Gasteiger partial charge in [-0.15, -0.1) is 0 Å². The summed E-state index contributed by atoms with van der Waals surface area (Å²) < 4.78 is 11.6. The molecule has 0 aliphatic rings. The van der Waals surface area contributed by atoms with E-state index in [-0.39, 0.29) is 0 Å². The molecule has 0 unspecified atom stereocenters. The van der Waals surface area contributed by atoms with Gasteiger partial charge in [0.05, 0.1) is 18.2 Å². The minimum Gasteiger partial charge on any atom is -0.494 e. The Bertz CT molecular complexity index is 645. The summed E-state index contributed by atoms with van der Waals surface area (Å²) in [6, 6.07) is 10.1. The monoisotopic (exact) mass is 426 g/mol. The number of hydrogen-bond acceptors (Lipinski definition) is 2. The summed E-state index contributed by atoms with van der Waals surface area (Å²) in [6.07, 6.45) is 8.60. The third-order valence-electron chi connectivity index (χ3n) is 4.19. The highest BCUT2D eigenvalue weighted by atomic mass is 79.9. The molecule has 0 atom stereocenters. The van der Waals surface area contributed by atoms with Gasteiger partial charge in [-0.05, 0) is 42.5 Å². The zero-order valence-corrected chi connectivity index (χ0v) is 17.4. The fourth-order valence-electron chi connectivity index (χ4n) is 2.76. The minimum absolute atomic E-state index is 0.663. The number of alkyl halides is 1. The number of halogens is 2. The third kappa shape index (κ3) is 6.71. The zero-order chi connectivity index (χ0) is 17.9. The van der Waals surface area contributed by atoms with Crippen LogP contribution in [0.15, 0.2) is 30.3 Å². The Hall–Kier alpha value is -0.930. The average molecular weight is 428 g/mol. The van der Waals surface area contributed by atoms with Gasteiger partial charge in [0.15, 0.2) is 0 Å². The van der Waals surface area contributed by atoms with Gasteiger partial charge in [0, 0.05) is 10.7 Å². The molecule has 0 heterocycles. The lowest BCUT2D eigenvalue weighted by Gasteiger charge is -2.11. The van der Waals surface area contributed by atoms with Gasteiger partial charge in [-0.1, -0.05) is 72.6 Å². The van der Waals surface area contributed by atoms with Crippen molar-refractivity contribution in [1.82, 2.24) is 0 Å². The van der Waals surface area contributed by atoms with Crippen molar-refractivity contribution in [3.63, 3.8) is 0 Å². The lowest BCUT2D eigenvalue weighted by atomic mass is 10.1. The quantitative estimate of drug-likeness (QED) is 0.259. The maximum Gasteiger partial charge on any atom is 0.138 e. The fraction of sp³-hybridized carbons (Fsp3) is 0.524. The third-order valence-corrected chi connectivity index (χ3v) is 5.14. The molecule has 0 aliphatic carbocycles. The van der Waals surface area contributed by atoms with E-state index >= 15 is 0 Å². The molecule has 0 saturated heterocycles. The number of hydrogen-bond donors (Lipinski definition) is 0. The fourth-order valence-corrected chi connectivity index (χ4v) is 3.28. The number of rotatable bonds is 12. The molecule has 2 aromatic carbocycles. The molecule has 138 valence electrons. The summed E-state index contributed by atoms with van der Waals surface area (Å²) in [4.78, 5) is 0. The van der Waals surface area contributed by atoms with Crippen molar-refractivity contribution < 1.29 is 9.47 Å². The van der Waals surface area contributed by atoms with Crippen molar-refractivity contribution in [2.24, 2.45) is 0 Å². The van der Waals surface area contributed by atoms with Gasteiger partial charge in [-0.25, -0.2) is 0 Å². The van der Waals surface area contributed by atoms with Crippen LogP contribution in [0.3, 0.4) is 0 Å². The molecular weight excluding hydrogens is 400 g/mol. The van der Waals surface area contributed by atoms with E-state index in [0.29, 0.717) is 11.6 Å². The molecule has 0 aliphatic heterocycles. The first-order valence-electron chi connectivity index (χ1n) is 9.30. The van der Waals surface area contributed by atoms with E-state index in [1.807, 2.05) is 24.3 Å². The molecule has 2 aromatic rings. The van der Waals surface area contributed by atoms with E-state index in [1.165, 1.54) is 32.1 Å². The Kier molecular flexibility index (Phi) is 9.49. The Morgan fingerprint density at radius 3 is 2.44 bits per heavy atom. The second-order valence-corrected chi connectivity index (χ2v) is 7.44. The van der Waals surface area contributed by atoms with Gasteiger partial charge in [-0.3, -0.25) is 0 Å². The van der Waals surface area contributed by atoms with E-state index in [1.54, 1.807) is 0 Å². The summed E-state index contributed by atoms with van der Waals surface area (Å²) in [7, 11) is 0. The molecule has 0 bridgehead atoms. The SMILES string of the molecule is CCCCCCCCOc1ccc2c(Cl)c(OCCCBr)ccc2c1. The van der Waals surface area contributed by atoms with E-state index in [9.17, 15) is 0 Å². The van der Waals surface area contributed by atoms with E-state index in [2.05, 4.69) is 28.9 Å². The van der Waals surface area contributed by atoms with Crippen LogP contribution in [0.2, 0.25) is 5.02 Å². The standard InChI is InChI=1S/C21H28BrClO2/c1-2-3-4-5-6-7-14-24-18-10-11-19-17(16-18)9-12-20(21(19)23)25-15-8-13-22/h9-12,16H,2-8,13-15H2,1H3. The van der Waals surface area contributed by atoms with Crippen LogP contribution in [0.1, 0.15) is 51.9 Å². The first-order valence-corrected chi connectivity index (χ1v) is 10.8. The van der Waals surface area contributed by atoms with Crippen LogP contribution in [0, 0.1) is 0 Å². The molecule has 0 radical (unpaired) electrons. The molecule has 0 N–H and O–H groups in total.